The number of hydrogen-bond acceptors (Lipinski definition) is 5. The highest BCUT2D eigenvalue weighted by Crippen LogP contribution is 2.25. The Morgan fingerprint density at radius 2 is 2.00 bits per heavy atom. The predicted octanol–water partition coefficient (Wildman–Crippen LogP) is 2.22. The van der Waals surface area contributed by atoms with Gasteiger partial charge in [0.1, 0.15) is 0 Å². The van der Waals surface area contributed by atoms with Crippen LogP contribution in [-0.4, -0.2) is 51.0 Å². The number of ether oxygens (including phenoxy) is 1. The molecular formula is C16H24N2O4S2. The summed E-state index contributed by atoms with van der Waals surface area (Å²) in [7, 11) is -3.49. The summed E-state index contributed by atoms with van der Waals surface area (Å²) in [6.45, 7) is 2.36. The molecule has 0 saturated carbocycles. The molecule has 1 amide bonds. The van der Waals surface area contributed by atoms with Gasteiger partial charge in [-0.1, -0.05) is 12.8 Å². The van der Waals surface area contributed by atoms with Crippen molar-refractivity contribution in [1.82, 2.24) is 9.62 Å². The molecule has 8 heteroatoms. The predicted molar refractivity (Wildman–Crippen MR) is 92.9 cm³/mol. The van der Waals surface area contributed by atoms with E-state index < -0.39 is 10.0 Å². The van der Waals surface area contributed by atoms with E-state index in [0.717, 1.165) is 45.1 Å². The minimum absolute atomic E-state index is 0.0780. The van der Waals surface area contributed by atoms with E-state index in [0.29, 0.717) is 24.5 Å². The first-order valence-electron chi connectivity index (χ1n) is 8.56. The molecule has 1 aromatic heterocycles. The molecular weight excluding hydrogens is 348 g/mol. The number of nitrogens with zero attached hydrogens (tertiary/aromatic N) is 1. The Hall–Kier alpha value is -0.960. The molecule has 0 spiro atoms. The third-order valence-corrected chi connectivity index (χ3v) is 7.47. The highest BCUT2D eigenvalue weighted by atomic mass is 32.2. The van der Waals surface area contributed by atoms with E-state index in [1.807, 2.05) is 0 Å². The van der Waals surface area contributed by atoms with Crippen LogP contribution >= 0.6 is 11.3 Å². The number of sulfonamides is 1. The van der Waals surface area contributed by atoms with Gasteiger partial charge in [0.05, 0.1) is 15.9 Å². The second-order valence-corrected chi connectivity index (χ2v) is 9.16. The summed E-state index contributed by atoms with van der Waals surface area (Å²) in [5, 5.41) is 4.40. The van der Waals surface area contributed by atoms with Crippen LogP contribution in [0.15, 0.2) is 16.3 Å². The third-order valence-electron chi connectivity index (χ3n) is 4.52. The molecule has 1 unspecified atom stereocenters. The average molecular weight is 373 g/mol. The third kappa shape index (κ3) is 4.17. The summed E-state index contributed by atoms with van der Waals surface area (Å²) in [5.41, 5.74) is 0. The van der Waals surface area contributed by atoms with Crippen LogP contribution in [0.4, 0.5) is 0 Å². The largest absolute Gasteiger partial charge is 0.376 e. The van der Waals surface area contributed by atoms with Gasteiger partial charge in [0.15, 0.2) is 0 Å². The quantitative estimate of drug-likeness (QED) is 0.860. The first-order chi connectivity index (χ1) is 11.6. The van der Waals surface area contributed by atoms with Crippen LogP contribution in [0.1, 0.15) is 48.2 Å². The second-order valence-electron chi connectivity index (χ2n) is 6.31. The van der Waals surface area contributed by atoms with Crippen LogP contribution in [0, 0.1) is 0 Å². The van der Waals surface area contributed by atoms with Gasteiger partial charge in [-0.05, 0) is 31.7 Å². The summed E-state index contributed by atoms with van der Waals surface area (Å²) >= 11 is 1.18. The molecule has 2 aliphatic heterocycles. The molecule has 0 radical (unpaired) electrons. The molecule has 2 saturated heterocycles. The topological polar surface area (TPSA) is 75.7 Å². The number of nitrogens with one attached hydrogen (secondary N) is 1. The Balaban J connectivity index is 1.63. The normalized spacial score (nSPS) is 23.1. The maximum atomic E-state index is 12.7. The minimum Gasteiger partial charge on any atom is -0.376 e. The summed E-state index contributed by atoms with van der Waals surface area (Å²) in [5.74, 6) is -0.229. The lowest BCUT2D eigenvalue weighted by Crippen LogP contribution is -2.32. The molecule has 2 fully saturated rings. The fourth-order valence-corrected chi connectivity index (χ4v) is 5.80. The Bertz CT molecular complexity index is 657. The van der Waals surface area contributed by atoms with E-state index in [1.165, 1.54) is 17.4 Å². The smallest absolute Gasteiger partial charge is 0.261 e. The fraction of sp³-hybridized carbons (Fsp3) is 0.688. The number of amides is 1. The van der Waals surface area contributed by atoms with Crippen molar-refractivity contribution in [3.63, 3.8) is 0 Å². The SMILES string of the molecule is O=C(NCC1CCCO1)c1cc(S(=O)(=O)N2CCCCCC2)cs1. The summed E-state index contributed by atoms with van der Waals surface area (Å²) in [4.78, 5) is 12.9. The van der Waals surface area contributed by atoms with E-state index in [4.69, 9.17) is 4.74 Å². The molecule has 3 rings (SSSR count). The monoisotopic (exact) mass is 372 g/mol. The second kappa shape index (κ2) is 7.95. The Kier molecular flexibility index (Phi) is 5.91. The Labute approximate surface area is 147 Å². The zero-order chi connectivity index (χ0) is 17.0. The number of carbonyl (C=O) groups excluding carboxylic acids is 1. The lowest BCUT2D eigenvalue weighted by Gasteiger charge is -2.18. The van der Waals surface area contributed by atoms with Crippen LogP contribution in [0.2, 0.25) is 0 Å². The Morgan fingerprint density at radius 1 is 1.25 bits per heavy atom. The van der Waals surface area contributed by atoms with Crippen molar-refractivity contribution in [2.24, 2.45) is 0 Å². The molecule has 6 nitrogen and oxygen atoms in total. The van der Waals surface area contributed by atoms with E-state index >= 15 is 0 Å². The molecule has 134 valence electrons. The molecule has 3 heterocycles. The first kappa shape index (κ1) is 17.8. The van der Waals surface area contributed by atoms with Gasteiger partial charge >= 0.3 is 0 Å². The van der Waals surface area contributed by atoms with Crippen molar-refractivity contribution in [3.05, 3.63) is 16.3 Å². The maximum absolute atomic E-state index is 12.7. The van der Waals surface area contributed by atoms with Gasteiger partial charge in [0, 0.05) is 31.6 Å². The van der Waals surface area contributed by atoms with E-state index in [-0.39, 0.29) is 16.9 Å². The van der Waals surface area contributed by atoms with Crippen molar-refractivity contribution in [2.45, 2.75) is 49.5 Å². The van der Waals surface area contributed by atoms with Crippen molar-refractivity contribution < 1.29 is 17.9 Å². The van der Waals surface area contributed by atoms with Gasteiger partial charge in [0.25, 0.3) is 5.91 Å². The first-order valence-corrected chi connectivity index (χ1v) is 10.9. The maximum Gasteiger partial charge on any atom is 0.261 e. The molecule has 1 atom stereocenters. The van der Waals surface area contributed by atoms with Gasteiger partial charge in [0.2, 0.25) is 10.0 Å². The van der Waals surface area contributed by atoms with Crippen LogP contribution in [0.25, 0.3) is 0 Å². The minimum atomic E-state index is -3.49. The highest BCUT2D eigenvalue weighted by molar-refractivity contribution is 7.89. The van der Waals surface area contributed by atoms with Crippen LogP contribution in [0.3, 0.4) is 0 Å². The van der Waals surface area contributed by atoms with Crippen molar-refractivity contribution in [3.8, 4) is 0 Å². The molecule has 0 bridgehead atoms. The fourth-order valence-electron chi connectivity index (χ4n) is 3.10. The van der Waals surface area contributed by atoms with Gasteiger partial charge in [-0.25, -0.2) is 8.42 Å². The number of thiophene rings is 1. The zero-order valence-electron chi connectivity index (χ0n) is 13.7. The van der Waals surface area contributed by atoms with E-state index in [9.17, 15) is 13.2 Å². The molecule has 1 N–H and O–H groups in total. The van der Waals surface area contributed by atoms with Crippen molar-refractivity contribution in [1.29, 1.82) is 0 Å². The summed E-state index contributed by atoms with van der Waals surface area (Å²) < 4.78 is 32.5. The van der Waals surface area contributed by atoms with E-state index in [1.54, 1.807) is 9.69 Å². The Morgan fingerprint density at radius 3 is 2.67 bits per heavy atom. The van der Waals surface area contributed by atoms with Crippen LogP contribution in [0.5, 0.6) is 0 Å². The summed E-state index contributed by atoms with van der Waals surface area (Å²) in [6.07, 6.45) is 6.01. The average Bonchev–Trinajstić information content (AvgIpc) is 3.19. The van der Waals surface area contributed by atoms with Gasteiger partial charge in [-0.3, -0.25) is 4.79 Å². The number of carbonyl (C=O) groups is 1. The van der Waals surface area contributed by atoms with Gasteiger partial charge in [-0.15, -0.1) is 11.3 Å². The zero-order valence-corrected chi connectivity index (χ0v) is 15.3. The molecule has 2 aliphatic rings. The molecule has 0 aromatic carbocycles. The van der Waals surface area contributed by atoms with Crippen molar-refractivity contribution >= 4 is 27.3 Å². The number of hydrogen-bond donors (Lipinski definition) is 1. The van der Waals surface area contributed by atoms with Crippen LogP contribution in [-0.2, 0) is 14.8 Å². The molecule has 1 aromatic rings. The summed E-state index contributed by atoms with van der Waals surface area (Å²) in [6, 6.07) is 1.50. The number of rotatable bonds is 5. The van der Waals surface area contributed by atoms with Crippen molar-refractivity contribution in [2.75, 3.05) is 26.2 Å². The van der Waals surface area contributed by atoms with E-state index in [2.05, 4.69) is 5.32 Å². The lowest BCUT2D eigenvalue weighted by atomic mass is 10.2. The molecule has 0 aliphatic carbocycles. The van der Waals surface area contributed by atoms with Crippen LogP contribution < -0.4 is 5.32 Å². The standard InChI is InChI=1S/C16H24N2O4S2/c19-16(17-11-13-6-5-9-22-13)15-10-14(12-23-15)24(20,21)18-7-3-1-2-4-8-18/h10,12-13H,1-9,11H2,(H,17,19). The highest BCUT2D eigenvalue weighted by Gasteiger charge is 2.27. The lowest BCUT2D eigenvalue weighted by molar-refractivity contribution is 0.0861. The molecule has 24 heavy (non-hydrogen) atoms. The van der Waals surface area contributed by atoms with Gasteiger partial charge in [-0.2, -0.15) is 4.31 Å². The van der Waals surface area contributed by atoms with Gasteiger partial charge < -0.3 is 10.1 Å².